The topological polar surface area (TPSA) is 15.8 Å². The number of H-pyrrole nitrogens is 1. The summed E-state index contributed by atoms with van der Waals surface area (Å²) < 4.78 is 0. The van der Waals surface area contributed by atoms with Crippen molar-refractivity contribution in [3.8, 4) is 11.1 Å². The summed E-state index contributed by atoms with van der Waals surface area (Å²) in [5.41, 5.74) is 8.08. The molecule has 1 N–H and O–H groups in total. The third-order valence-electron chi connectivity index (χ3n) is 6.19. The summed E-state index contributed by atoms with van der Waals surface area (Å²) >= 11 is 0. The first-order valence-electron chi connectivity index (χ1n) is 9.22. The predicted molar refractivity (Wildman–Crippen MR) is 111 cm³/mol. The number of rotatable bonds is 0. The third-order valence-corrected chi connectivity index (χ3v) is 6.19. The Kier molecular flexibility index (Phi) is 2.48. The molecule has 4 aromatic carbocycles. The van der Waals surface area contributed by atoms with E-state index in [1.54, 1.807) is 0 Å². The lowest BCUT2D eigenvalue weighted by molar-refractivity contribution is 0.661. The zero-order valence-electron chi connectivity index (χ0n) is 14.9. The van der Waals surface area contributed by atoms with Crippen molar-refractivity contribution >= 4 is 32.6 Å². The summed E-state index contributed by atoms with van der Waals surface area (Å²) in [7, 11) is 0. The van der Waals surface area contributed by atoms with Gasteiger partial charge in [-0.2, -0.15) is 0 Å². The van der Waals surface area contributed by atoms with Crippen LogP contribution in [-0.4, -0.2) is 4.98 Å². The fourth-order valence-electron chi connectivity index (χ4n) is 4.87. The van der Waals surface area contributed by atoms with Gasteiger partial charge in [0.15, 0.2) is 0 Å². The van der Waals surface area contributed by atoms with Crippen LogP contribution in [0.1, 0.15) is 25.0 Å². The second kappa shape index (κ2) is 4.56. The fourth-order valence-corrected chi connectivity index (χ4v) is 4.87. The highest BCUT2D eigenvalue weighted by Crippen LogP contribution is 2.50. The van der Waals surface area contributed by atoms with Crippen molar-refractivity contribution in [3.05, 3.63) is 83.9 Å². The minimum atomic E-state index is 0.0360. The zero-order valence-corrected chi connectivity index (χ0v) is 14.9. The normalized spacial score (nSPS) is 14.8. The Morgan fingerprint density at radius 1 is 0.654 bits per heavy atom. The molecule has 0 unspecified atom stereocenters. The first kappa shape index (κ1) is 14.1. The Balaban J connectivity index is 1.80. The van der Waals surface area contributed by atoms with Gasteiger partial charge in [-0.05, 0) is 51.2 Å². The van der Waals surface area contributed by atoms with E-state index >= 15 is 0 Å². The summed E-state index contributed by atoms with van der Waals surface area (Å²) in [4.78, 5) is 3.66. The van der Waals surface area contributed by atoms with Crippen molar-refractivity contribution in [2.75, 3.05) is 0 Å². The number of fused-ring (bicyclic) bond motifs is 8. The highest BCUT2D eigenvalue weighted by Gasteiger charge is 2.35. The van der Waals surface area contributed by atoms with Gasteiger partial charge in [0.1, 0.15) is 0 Å². The number of aromatic nitrogens is 1. The average molecular weight is 333 g/mol. The SMILES string of the molecule is CC1(C)c2ccccc2-c2cc3[nH]c4ccc5ccccc5c4c3cc21. The summed E-state index contributed by atoms with van der Waals surface area (Å²) in [5, 5.41) is 5.29. The highest BCUT2D eigenvalue weighted by atomic mass is 14.7. The molecule has 0 saturated carbocycles. The largest absolute Gasteiger partial charge is 0.354 e. The summed E-state index contributed by atoms with van der Waals surface area (Å²) in [5.74, 6) is 0. The van der Waals surface area contributed by atoms with Gasteiger partial charge < -0.3 is 4.98 Å². The van der Waals surface area contributed by atoms with Crippen LogP contribution in [0.5, 0.6) is 0 Å². The molecule has 1 nitrogen and oxygen atoms in total. The molecule has 0 spiro atoms. The smallest absolute Gasteiger partial charge is 0.0471 e. The van der Waals surface area contributed by atoms with Gasteiger partial charge in [0.2, 0.25) is 0 Å². The molecule has 1 heteroatoms. The number of hydrogen-bond acceptors (Lipinski definition) is 0. The Hall–Kier alpha value is -3.06. The lowest BCUT2D eigenvalue weighted by Gasteiger charge is -2.21. The summed E-state index contributed by atoms with van der Waals surface area (Å²) in [6.45, 7) is 4.69. The van der Waals surface area contributed by atoms with Crippen LogP contribution in [0.25, 0.3) is 43.7 Å². The van der Waals surface area contributed by atoms with Crippen molar-refractivity contribution in [2.45, 2.75) is 19.3 Å². The number of aromatic amines is 1. The lowest BCUT2D eigenvalue weighted by atomic mass is 9.82. The van der Waals surface area contributed by atoms with E-state index in [-0.39, 0.29) is 5.41 Å². The Bertz CT molecular complexity index is 1350. The molecule has 124 valence electrons. The van der Waals surface area contributed by atoms with Gasteiger partial charge in [-0.15, -0.1) is 0 Å². The van der Waals surface area contributed by atoms with Crippen LogP contribution in [-0.2, 0) is 5.41 Å². The molecule has 0 fully saturated rings. The van der Waals surface area contributed by atoms with Crippen LogP contribution in [0.3, 0.4) is 0 Å². The molecule has 0 atom stereocenters. The molecule has 1 aliphatic rings. The van der Waals surface area contributed by atoms with E-state index in [1.807, 2.05) is 0 Å². The Morgan fingerprint density at radius 3 is 2.38 bits per heavy atom. The van der Waals surface area contributed by atoms with Crippen molar-refractivity contribution in [3.63, 3.8) is 0 Å². The van der Waals surface area contributed by atoms with E-state index in [4.69, 9.17) is 0 Å². The van der Waals surface area contributed by atoms with Crippen LogP contribution in [0.15, 0.2) is 72.8 Å². The maximum Gasteiger partial charge on any atom is 0.0471 e. The molecular formula is C25H19N. The van der Waals surface area contributed by atoms with Crippen molar-refractivity contribution in [1.82, 2.24) is 4.98 Å². The fraction of sp³-hybridized carbons (Fsp3) is 0.120. The van der Waals surface area contributed by atoms with Gasteiger partial charge in [0.05, 0.1) is 0 Å². The van der Waals surface area contributed by atoms with E-state index in [2.05, 4.69) is 91.6 Å². The van der Waals surface area contributed by atoms with Crippen LogP contribution >= 0.6 is 0 Å². The monoisotopic (exact) mass is 333 g/mol. The molecule has 0 saturated heterocycles. The van der Waals surface area contributed by atoms with Crippen LogP contribution in [0.4, 0.5) is 0 Å². The van der Waals surface area contributed by atoms with E-state index in [0.29, 0.717) is 0 Å². The van der Waals surface area contributed by atoms with Crippen molar-refractivity contribution in [2.24, 2.45) is 0 Å². The molecule has 0 bridgehead atoms. The second-order valence-corrected chi connectivity index (χ2v) is 7.95. The molecule has 1 aromatic heterocycles. The zero-order chi connectivity index (χ0) is 17.5. The first-order valence-corrected chi connectivity index (χ1v) is 9.22. The Morgan fingerprint density at radius 2 is 1.46 bits per heavy atom. The maximum atomic E-state index is 3.66. The minimum Gasteiger partial charge on any atom is -0.354 e. The summed E-state index contributed by atoms with van der Waals surface area (Å²) in [6.07, 6.45) is 0. The lowest BCUT2D eigenvalue weighted by Crippen LogP contribution is -2.14. The number of hydrogen-bond donors (Lipinski definition) is 1. The number of nitrogens with one attached hydrogen (secondary N) is 1. The van der Waals surface area contributed by atoms with Gasteiger partial charge in [-0.3, -0.25) is 0 Å². The summed E-state index contributed by atoms with van der Waals surface area (Å²) in [6, 6.07) is 26.7. The Labute approximate surface area is 152 Å². The predicted octanol–water partition coefficient (Wildman–Crippen LogP) is 6.78. The maximum absolute atomic E-state index is 3.66. The van der Waals surface area contributed by atoms with Crippen molar-refractivity contribution < 1.29 is 0 Å². The minimum absolute atomic E-state index is 0.0360. The van der Waals surface area contributed by atoms with Gasteiger partial charge in [-0.25, -0.2) is 0 Å². The molecule has 1 aliphatic carbocycles. The van der Waals surface area contributed by atoms with Gasteiger partial charge in [0, 0.05) is 27.2 Å². The molecule has 5 aromatic rings. The van der Waals surface area contributed by atoms with E-state index < -0.39 is 0 Å². The number of benzene rings is 4. The second-order valence-electron chi connectivity index (χ2n) is 7.95. The molecular weight excluding hydrogens is 314 g/mol. The van der Waals surface area contributed by atoms with Gasteiger partial charge in [-0.1, -0.05) is 68.4 Å². The van der Waals surface area contributed by atoms with E-state index in [1.165, 1.54) is 54.8 Å². The molecule has 6 rings (SSSR count). The molecule has 1 heterocycles. The van der Waals surface area contributed by atoms with Crippen LogP contribution in [0.2, 0.25) is 0 Å². The third kappa shape index (κ3) is 1.61. The standard InChI is InChI=1S/C25H19N/c1-25(2)20-10-6-5-9-17(20)18-14-23-19(13-21(18)25)24-16-8-4-3-7-15(16)11-12-22(24)26-23/h3-14,26H,1-2H3. The van der Waals surface area contributed by atoms with Crippen LogP contribution < -0.4 is 0 Å². The molecule has 0 amide bonds. The quantitative estimate of drug-likeness (QED) is 0.321. The van der Waals surface area contributed by atoms with E-state index in [9.17, 15) is 0 Å². The highest BCUT2D eigenvalue weighted by molar-refractivity contribution is 6.21. The molecule has 0 radical (unpaired) electrons. The molecule has 26 heavy (non-hydrogen) atoms. The van der Waals surface area contributed by atoms with Gasteiger partial charge in [0.25, 0.3) is 0 Å². The first-order chi connectivity index (χ1) is 12.6. The molecule has 0 aliphatic heterocycles. The van der Waals surface area contributed by atoms with E-state index in [0.717, 1.165) is 0 Å². The van der Waals surface area contributed by atoms with Crippen molar-refractivity contribution in [1.29, 1.82) is 0 Å². The van der Waals surface area contributed by atoms with Gasteiger partial charge >= 0.3 is 0 Å². The van der Waals surface area contributed by atoms with Crippen LogP contribution in [0, 0.1) is 0 Å². The average Bonchev–Trinajstić information content (AvgIpc) is 3.14.